The first-order chi connectivity index (χ1) is 10.1. The van der Waals surface area contributed by atoms with Gasteiger partial charge < -0.3 is 15.2 Å². The molecule has 1 aromatic carbocycles. The standard InChI is InChI=1S/C16H25F2NO2/c1-3-9-19-16(4-2,12-20)8-5-10-21-15-11-13(17)6-7-14(15)18/h6-7,11,19-20H,3-5,8-10,12H2,1-2H3. The van der Waals surface area contributed by atoms with Crippen molar-refractivity contribution in [1.82, 2.24) is 5.32 Å². The highest BCUT2D eigenvalue weighted by atomic mass is 19.1. The Bertz CT molecular complexity index is 423. The molecule has 0 saturated carbocycles. The highest BCUT2D eigenvalue weighted by molar-refractivity contribution is 5.24. The van der Waals surface area contributed by atoms with Gasteiger partial charge in [-0.15, -0.1) is 0 Å². The minimum absolute atomic E-state index is 0.0534. The molecule has 5 heteroatoms. The first-order valence-corrected chi connectivity index (χ1v) is 7.50. The number of hydrogen-bond donors (Lipinski definition) is 2. The van der Waals surface area contributed by atoms with Gasteiger partial charge in [0.05, 0.1) is 13.2 Å². The monoisotopic (exact) mass is 301 g/mol. The van der Waals surface area contributed by atoms with Crippen molar-refractivity contribution >= 4 is 0 Å². The van der Waals surface area contributed by atoms with Gasteiger partial charge in [-0.2, -0.15) is 0 Å². The molecule has 1 atom stereocenters. The number of nitrogens with one attached hydrogen (secondary N) is 1. The van der Waals surface area contributed by atoms with Gasteiger partial charge in [0.2, 0.25) is 0 Å². The molecule has 1 aromatic rings. The lowest BCUT2D eigenvalue weighted by molar-refractivity contribution is 0.137. The number of rotatable bonds is 10. The molecule has 120 valence electrons. The molecule has 0 aliphatic rings. The molecule has 0 aliphatic heterocycles. The summed E-state index contributed by atoms with van der Waals surface area (Å²) in [5.74, 6) is -1.15. The molecule has 0 aliphatic carbocycles. The third-order valence-corrected chi connectivity index (χ3v) is 3.68. The fourth-order valence-corrected chi connectivity index (χ4v) is 2.21. The van der Waals surface area contributed by atoms with Gasteiger partial charge in [-0.3, -0.25) is 0 Å². The smallest absolute Gasteiger partial charge is 0.165 e. The summed E-state index contributed by atoms with van der Waals surface area (Å²) < 4.78 is 31.7. The van der Waals surface area contributed by atoms with E-state index < -0.39 is 11.6 Å². The molecule has 0 spiro atoms. The Morgan fingerprint density at radius 1 is 1.29 bits per heavy atom. The minimum atomic E-state index is -0.565. The summed E-state index contributed by atoms with van der Waals surface area (Å²) in [5.41, 5.74) is -0.320. The molecule has 1 unspecified atom stereocenters. The zero-order valence-electron chi connectivity index (χ0n) is 12.8. The molecule has 0 fully saturated rings. The van der Waals surface area contributed by atoms with Crippen molar-refractivity contribution in [3.63, 3.8) is 0 Å². The summed E-state index contributed by atoms with van der Waals surface area (Å²) in [4.78, 5) is 0. The molecule has 0 aromatic heterocycles. The van der Waals surface area contributed by atoms with E-state index in [1.165, 1.54) is 0 Å². The topological polar surface area (TPSA) is 41.5 Å². The van der Waals surface area contributed by atoms with Crippen LogP contribution in [-0.4, -0.2) is 30.4 Å². The zero-order valence-corrected chi connectivity index (χ0v) is 12.8. The van der Waals surface area contributed by atoms with Crippen LogP contribution in [0.1, 0.15) is 39.5 Å². The molecule has 1 rings (SSSR count). The van der Waals surface area contributed by atoms with Gasteiger partial charge in [-0.05, 0) is 44.4 Å². The maximum atomic E-state index is 13.4. The zero-order chi connectivity index (χ0) is 15.7. The summed E-state index contributed by atoms with van der Waals surface area (Å²) >= 11 is 0. The average molecular weight is 301 g/mol. The first-order valence-electron chi connectivity index (χ1n) is 7.50. The van der Waals surface area contributed by atoms with Crippen LogP contribution < -0.4 is 10.1 Å². The predicted octanol–water partition coefficient (Wildman–Crippen LogP) is 3.26. The van der Waals surface area contributed by atoms with Crippen molar-refractivity contribution in [3.05, 3.63) is 29.8 Å². The van der Waals surface area contributed by atoms with Crippen LogP contribution in [0, 0.1) is 11.6 Å². The average Bonchev–Trinajstić information content (AvgIpc) is 2.50. The number of halogens is 2. The number of ether oxygens (including phenoxy) is 1. The van der Waals surface area contributed by atoms with Gasteiger partial charge in [0.25, 0.3) is 0 Å². The van der Waals surface area contributed by atoms with E-state index >= 15 is 0 Å². The highest BCUT2D eigenvalue weighted by Gasteiger charge is 2.25. The van der Waals surface area contributed by atoms with Gasteiger partial charge in [-0.25, -0.2) is 8.78 Å². The third kappa shape index (κ3) is 5.59. The second-order valence-electron chi connectivity index (χ2n) is 5.25. The van der Waals surface area contributed by atoms with E-state index in [4.69, 9.17) is 4.74 Å². The fraction of sp³-hybridized carbons (Fsp3) is 0.625. The molecule has 0 heterocycles. The molecule has 2 N–H and O–H groups in total. The largest absolute Gasteiger partial charge is 0.490 e. The molecule has 0 amide bonds. The van der Waals surface area contributed by atoms with E-state index in [2.05, 4.69) is 12.2 Å². The SMILES string of the molecule is CCCNC(CC)(CO)CCCOc1cc(F)ccc1F. The Hall–Kier alpha value is -1.20. The molecule has 0 radical (unpaired) electrons. The summed E-state index contributed by atoms with van der Waals surface area (Å²) in [5, 5.41) is 12.9. The fourth-order valence-electron chi connectivity index (χ4n) is 2.21. The van der Waals surface area contributed by atoms with Crippen molar-refractivity contribution in [2.45, 2.75) is 45.1 Å². The molecule has 0 bridgehead atoms. The maximum Gasteiger partial charge on any atom is 0.165 e. The lowest BCUT2D eigenvalue weighted by Crippen LogP contribution is -2.48. The maximum absolute atomic E-state index is 13.4. The second kappa shape index (κ2) is 8.95. The van der Waals surface area contributed by atoms with Crippen molar-refractivity contribution in [3.8, 4) is 5.75 Å². The van der Waals surface area contributed by atoms with E-state index in [1.54, 1.807) is 0 Å². The predicted molar refractivity (Wildman–Crippen MR) is 79.5 cm³/mol. The number of benzene rings is 1. The minimum Gasteiger partial charge on any atom is -0.490 e. The van der Waals surface area contributed by atoms with Crippen LogP contribution >= 0.6 is 0 Å². The molecule has 21 heavy (non-hydrogen) atoms. The second-order valence-corrected chi connectivity index (χ2v) is 5.25. The van der Waals surface area contributed by atoms with E-state index in [-0.39, 0.29) is 24.5 Å². The van der Waals surface area contributed by atoms with Crippen LogP contribution in [0.4, 0.5) is 8.78 Å². The number of aliphatic hydroxyl groups excluding tert-OH is 1. The van der Waals surface area contributed by atoms with Gasteiger partial charge >= 0.3 is 0 Å². The van der Waals surface area contributed by atoms with E-state index in [0.717, 1.165) is 44.0 Å². The van der Waals surface area contributed by atoms with E-state index in [0.29, 0.717) is 6.42 Å². The van der Waals surface area contributed by atoms with Crippen LogP contribution in [0.15, 0.2) is 18.2 Å². The van der Waals surface area contributed by atoms with Crippen LogP contribution in [0.25, 0.3) is 0 Å². The lowest BCUT2D eigenvalue weighted by atomic mass is 9.91. The highest BCUT2D eigenvalue weighted by Crippen LogP contribution is 2.20. The van der Waals surface area contributed by atoms with Gasteiger partial charge in [-0.1, -0.05) is 13.8 Å². The van der Waals surface area contributed by atoms with Crippen LogP contribution in [0.2, 0.25) is 0 Å². The Balaban J connectivity index is 2.45. The third-order valence-electron chi connectivity index (χ3n) is 3.68. The summed E-state index contributed by atoms with van der Waals surface area (Å²) in [6, 6.07) is 3.16. The molecule has 3 nitrogen and oxygen atoms in total. The van der Waals surface area contributed by atoms with Crippen molar-refractivity contribution in [2.24, 2.45) is 0 Å². The van der Waals surface area contributed by atoms with E-state index in [1.807, 2.05) is 6.92 Å². The Labute approximate surface area is 125 Å². The molecule has 0 saturated heterocycles. The Morgan fingerprint density at radius 3 is 2.67 bits per heavy atom. The van der Waals surface area contributed by atoms with Gasteiger partial charge in [0.1, 0.15) is 5.82 Å². The first kappa shape index (κ1) is 17.9. The van der Waals surface area contributed by atoms with Gasteiger partial charge in [0.15, 0.2) is 11.6 Å². The molecular formula is C16H25F2NO2. The lowest BCUT2D eigenvalue weighted by Gasteiger charge is -2.32. The summed E-state index contributed by atoms with van der Waals surface area (Å²) in [7, 11) is 0. The number of aliphatic hydroxyl groups is 1. The van der Waals surface area contributed by atoms with Crippen LogP contribution in [-0.2, 0) is 0 Å². The van der Waals surface area contributed by atoms with Crippen LogP contribution in [0.3, 0.4) is 0 Å². The van der Waals surface area contributed by atoms with Crippen molar-refractivity contribution < 1.29 is 18.6 Å². The Morgan fingerprint density at radius 2 is 2.05 bits per heavy atom. The van der Waals surface area contributed by atoms with E-state index in [9.17, 15) is 13.9 Å². The van der Waals surface area contributed by atoms with Crippen molar-refractivity contribution in [1.29, 1.82) is 0 Å². The normalized spacial score (nSPS) is 14.0. The van der Waals surface area contributed by atoms with Crippen LogP contribution in [0.5, 0.6) is 5.75 Å². The number of hydrogen-bond acceptors (Lipinski definition) is 3. The Kier molecular flexibility index (Phi) is 7.61. The molecular weight excluding hydrogens is 276 g/mol. The van der Waals surface area contributed by atoms with Crippen molar-refractivity contribution in [2.75, 3.05) is 19.8 Å². The van der Waals surface area contributed by atoms with Gasteiger partial charge in [0, 0.05) is 11.6 Å². The summed E-state index contributed by atoms with van der Waals surface area (Å²) in [6.45, 7) is 5.27. The summed E-state index contributed by atoms with van der Waals surface area (Å²) in [6.07, 6.45) is 3.17. The quantitative estimate of drug-likeness (QED) is 0.652.